The minimum absolute atomic E-state index is 0.174. The van der Waals surface area contributed by atoms with Crippen LogP contribution in [0.15, 0.2) is 103 Å². The first kappa shape index (κ1) is 23.4. The van der Waals surface area contributed by atoms with Crippen molar-refractivity contribution in [3.05, 3.63) is 137 Å². The zero-order chi connectivity index (χ0) is 24.3. The maximum atomic E-state index is 11.8. The number of carbonyl (C=O) groups excluding carboxylic acids is 2. The van der Waals surface area contributed by atoms with Crippen LogP contribution in [0.25, 0.3) is 36.5 Å². The highest BCUT2D eigenvalue weighted by molar-refractivity contribution is 6.21. The van der Waals surface area contributed by atoms with Crippen LogP contribution in [0.1, 0.15) is 33.4 Å². The van der Waals surface area contributed by atoms with Gasteiger partial charge in [-0.2, -0.15) is 0 Å². The third-order valence-corrected chi connectivity index (χ3v) is 5.33. The Balaban J connectivity index is 1.85. The van der Waals surface area contributed by atoms with Crippen molar-refractivity contribution >= 4 is 48.7 Å². The molecule has 3 heteroatoms. The van der Waals surface area contributed by atoms with Crippen molar-refractivity contribution in [1.82, 2.24) is 0 Å². The molecular weight excluding hydrogens is 432 g/mol. The Morgan fingerprint density at radius 3 is 1.46 bits per heavy atom. The van der Waals surface area contributed by atoms with Crippen LogP contribution in [0.4, 0.5) is 0 Å². The summed E-state index contributed by atoms with van der Waals surface area (Å²) in [5.74, 6) is -0.621. The largest absolute Gasteiger partial charge is 0.420 e. The van der Waals surface area contributed by atoms with Crippen LogP contribution in [-0.4, -0.2) is 12.3 Å². The maximum absolute atomic E-state index is 11.8. The third kappa shape index (κ3) is 6.62. The Bertz CT molecular complexity index is 1370. The van der Waals surface area contributed by atoms with Crippen molar-refractivity contribution < 1.29 is 14.3 Å². The molecule has 0 atom stereocenters. The molecule has 0 N–H and O–H groups in total. The Labute approximate surface area is 205 Å². The molecule has 3 nitrogen and oxygen atoms in total. The Hall–Kier alpha value is -4.76. The van der Waals surface area contributed by atoms with E-state index in [0.29, 0.717) is 11.3 Å². The van der Waals surface area contributed by atoms with Gasteiger partial charge in [-0.25, -0.2) is 4.79 Å². The number of ether oxygens (including phenoxy) is 1. The van der Waals surface area contributed by atoms with E-state index in [1.54, 1.807) is 6.07 Å². The summed E-state index contributed by atoms with van der Waals surface area (Å²) in [4.78, 5) is 22.9. The van der Waals surface area contributed by atoms with Crippen molar-refractivity contribution in [2.45, 2.75) is 0 Å². The van der Waals surface area contributed by atoms with Crippen molar-refractivity contribution in [1.29, 1.82) is 0 Å². The van der Waals surface area contributed by atoms with E-state index in [1.165, 1.54) is 0 Å². The molecule has 4 aromatic rings. The van der Waals surface area contributed by atoms with Crippen LogP contribution in [0.3, 0.4) is 0 Å². The molecule has 0 aromatic heterocycles. The quantitative estimate of drug-likeness (QED) is 0.0918. The topological polar surface area (TPSA) is 43.4 Å². The van der Waals surface area contributed by atoms with Gasteiger partial charge in [-0.3, -0.25) is 4.79 Å². The molecule has 170 valence electrons. The maximum Gasteiger partial charge on any atom is 0.376 e. The number of carbonyl (C=O) groups is 2. The molecule has 0 spiro atoms. The van der Waals surface area contributed by atoms with Gasteiger partial charge in [0, 0.05) is 5.56 Å². The summed E-state index contributed by atoms with van der Waals surface area (Å²) in [6.07, 6.45) is 12.1. The van der Waals surface area contributed by atoms with Crippen LogP contribution in [-0.2, 0) is 9.59 Å². The second kappa shape index (κ2) is 11.9. The SMILES string of the molecule is O=CC(=O)Oc1ccc(C=Cc2ccccc2)c(C=Cc2ccccc2)c1C=Cc1ccccc1. The van der Waals surface area contributed by atoms with E-state index in [9.17, 15) is 9.59 Å². The minimum Gasteiger partial charge on any atom is -0.420 e. The van der Waals surface area contributed by atoms with Crippen molar-refractivity contribution in [2.75, 3.05) is 0 Å². The van der Waals surface area contributed by atoms with Gasteiger partial charge in [0.2, 0.25) is 6.29 Å². The number of rotatable bonds is 8. The van der Waals surface area contributed by atoms with Gasteiger partial charge in [0.05, 0.1) is 0 Å². The smallest absolute Gasteiger partial charge is 0.376 e. The highest BCUT2D eigenvalue weighted by atomic mass is 16.5. The van der Waals surface area contributed by atoms with Crippen molar-refractivity contribution in [3.63, 3.8) is 0 Å². The fourth-order valence-corrected chi connectivity index (χ4v) is 3.60. The van der Waals surface area contributed by atoms with Gasteiger partial charge >= 0.3 is 5.97 Å². The minimum atomic E-state index is -0.940. The molecule has 0 aliphatic carbocycles. The standard InChI is InChI=1S/C32H24O3/c33-24-32(34)35-31-23-20-28(19-16-25-10-4-1-5-11-25)29(21-17-26-12-6-2-7-13-26)30(31)22-18-27-14-8-3-9-15-27/h1-24H. The second-order valence-corrected chi connectivity index (χ2v) is 7.75. The molecule has 0 aliphatic heterocycles. The number of hydrogen-bond donors (Lipinski definition) is 0. The molecule has 4 rings (SSSR count). The van der Waals surface area contributed by atoms with E-state index >= 15 is 0 Å². The summed E-state index contributed by atoms with van der Waals surface area (Å²) >= 11 is 0. The first-order valence-electron chi connectivity index (χ1n) is 11.3. The average Bonchev–Trinajstić information content (AvgIpc) is 2.92. The van der Waals surface area contributed by atoms with Crippen LogP contribution < -0.4 is 4.74 Å². The van der Waals surface area contributed by atoms with E-state index in [2.05, 4.69) is 0 Å². The van der Waals surface area contributed by atoms with E-state index in [0.717, 1.165) is 27.8 Å². The number of benzene rings is 4. The molecule has 0 saturated carbocycles. The van der Waals surface area contributed by atoms with Crippen molar-refractivity contribution in [2.24, 2.45) is 0 Å². The Morgan fingerprint density at radius 2 is 0.971 bits per heavy atom. The first-order valence-corrected chi connectivity index (χ1v) is 11.3. The Morgan fingerprint density at radius 1 is 0.514 bits per heavy atom. The van der Waals surface area contributed by atoms with Gasteiger partial charge < -0.3 is 4.74 Å². The lowest BCUT2D eigenvalue weighted by Gasteiger charge is -2.12. The first-order chi connectivity index (χ1) is 17.2. The van der Waals surface area contributed by atoms with E-state index in [1.807, 2.05) is 134 Å². The van der Waals surface area contributed by atoms with Crippen LogP contribution >= 0.6 is 0 Å². The molecule has 0 heterocycles. The third-order valence-electron chi connectivity index (χ3n) is 5.33. The molecule has 0 amide bonds. The van der Waals surface area contributed by atoms with E-state index in [-0.39, 0.29) is 6.29 Å². The second-order valence-electron chi connectivity index (χ2n) is 7.75. The number of aldehydes is 1. The summed E-state index contributed by atoms with van der Waals surface area (Å²) in [7, 11) is 0. The summed E-state index contributed by atoms with van der Waals surface area (Å²) in [6, 6.07) is 33.5. The molecule has 0 aliphatic rings. The van der Waals surface area contributed by atoms with Crippen LogP contribution in [0.5, 0.6) is 5.75 Å². The van der Waals surface area contributed by atoms with Crippen LogP contribution in [0, 0.1) is 0 Å². The summed E-state index contributed by atoms with van der Waals surface area (Å²) < 4.78 is 5.38. The monoisotopic (exact) mass is 456 g/mol. The van der Waals surface area contributed by atoms with Gasteiger partial charge in [0.25, 0.3) is 0 Å². The molecule has 35 heavy (non-hydrogen) atoms. The summed E-state index contributed by atoms with van der Waals surface area (Å²) in [5.41, 5.74) is 5.63. The lowest BCUT2D eigenvalue weighted by molar-refractivity contribution is -0.141. The molecule has 0 fully saturated rings. The van der Waals surface area contributed by atoms with Gasteiger partial charge in [-0.05, 0) is 33.9 Å². The zero-order valence-electron chi connectivity index (χ0n) is 19.1. The highest BCUT2D eigenvalue weighted by Crippen LogP contribution is 2.31. The molecule has 0 saturated heterocycles. The number of esters is 1. The number of hydrogen-bond acceptors (Lipinski definition) is 3. The molecule has 4 aromatic carbocycles. The fraction of sp³-hybridized carbons (Fsp3) is 0. The van der Waals surface area contributed by atoms with E-state index < -0.39 is 5.97 Å². The van der Waals surface area contributed by atoms with Gasteiger partial charge in [-0.1, -0.05) is 134 Å². The lowest BCUT2D eigenvalue weighted by Crippen LogP contribution is -2.10. The summed E-state index contributed by atoms with van der Waals surface area (Å²) in [5, 5.41) is 0. The van der Waals surface area contributed by atoms with Gasteiger partial charge in [0.1, 0.15) is 5.75 Å². The lowest BCUT2D eigenvalue weighted by atomic mass is 9.96. The zero-order valence-corrected chi connectivity index (χ0v) is 19.1. The van der Waals surface area contributed by atoms with Crippen molar-refractivity contribution in [3.8, 4) is 5.75 Å². The highest BCUT2D eigenvalue weighted by Gasteiger charge is 2.13. The summed E-state index contributed by atoms with van der Waals surface area (Å²) in [6.45, 7) is 0. The molecule has 0 bridgehead atoms. The van der Waals surface area contributed by atoms with E-state index in [4.69, 9.17) is 4.74 Å². The fourth-order valence-electron chi connectivity index (χ4n) is 3.60. The van der Waals surface area contributed by atoms with Gasteiger partial charge in [-0.15, -0.1) is 0 Å². The normalized spacial score (nSPS) is 11.3. The van der Waals surface area contributed by atoms with Gasteiger partial charge in [0.15, 0.2) is 0 Å². The predicted octanol–water partition coefficient (Wildman–Crippen LogP) is 7.30. The molecule has 0 unspecified atom stereocenters. The molecular formula is C32H24O3. The predicted molar refractivity (Wildman–Crippen MR) is 144 cm³/mol. The molecule has 0 radical (unpaired) electrons. The van der Waals surface area contributed by atoms with Crippen LogP contribution in [0.2, 0.25) is 0 Å². The Kier molecular flexibility index (Phi) is 7.97. The average molecular weight is 457 g/mol.